The number of ether oxygens (including phenoxy) is 1. The summed E-state index contributed by atoms with van der Waals surface area (Å²) in [5, 5.41) is 4.92. The monoisotopic (exact) mass is 398 g/mol. The highest BCUT2D eigenvalue weighted by atomic mass is 32.2. The number of rotatable bonds is 7. The molecule has 3 aromatic carbocycles. The zero-order chi connectivity index (χ0) is 20.1. The summed E-state index contributed by atoms with van der Waals surface area (Å²) in [7, 11) is -3.41. The summed E-state index contributed by atoms with van der Waals surface area (Å²) in [5.74, 6) is 0.485. The number of carbonyl (C=O) groups is 1. The van der Waals surface area contributed by atoms with E-state index >= 15 is 0 Å². The van der Waals surface area contributed by atoms with Gasteiger partial charge in [0.25, 0.3) is 5.91 Å². The maximum atomic E-state index is 12.5. The Bertz CT molecular complexity index is 1110. The first-order chi connectivity index (χ1) is 13.3. The molecule has 0 saturated heterocycles. The Kier molecular flexibility index (Phi) is 5.84. The van der Waals surface area contributed by atoms with Gasteiger partial charge >= 0.3 is 0 Å². The zero-order valence-corrected chi connectivity index (χ0v) is 16.5. The van der Waals surface area contributed by atoms with E-state index in [0.717, 1.165) is 22.8 Å². The van der Waals surface area contributed by atoms with E-state index in [9.17, 15) is 13.2 Å². The standard InChI is InChI=1S/C21H22N2O4S/c1-15-17(10-6-11-19(15)23-28(2,25)26)21(24)22-13-14-27-20-12-5-8-16-7-3-4-9-18(16)20/h3-12,23H,13-14H2,1-2H3,(H,22,24). The number of fused-ring (bicyclic) bond motifs is 1. The van der Waals surface area contributed by atoms with Crippen LogP contribution in [0.4, 0.5) is 5.69 Å². The molecule has 6 nitrogen and oxygen atoms in total. The van der Waals surface area contributed by atoms with E-state index in [2.05, 4.69) is 10.0 Å². The third kappa shape index (κ3) is 4.80. The van der Waals surface area contributed by atoms with Crippen LogP contribution in [-0.4, -0.2) is 33.7 Å². The van der Waals surface area contributed by atoms with Crippen molar-refractivity contribution in [3.8, 4) is 5.75 Å². The number of hydrogen-bond acceptors (Lipinski definition) is 4. The minimum Gasteiger partial charge on any atom is -0.491 e. The van der Waals surface area contributed by atoms with Crippen LogP contribution < -0.4 is 14.8 Å². The molecular formula is C21H22N2O4S. The number of sulfonamides is 1. The lowest BCUT2D eigenvalue weighted by Gasteiger charge is -2.13. The molecular weight excluding hydrogens is 376 g/mol. The van der Waals surface area contributed by atoms with Gasteiger partial charge in [0.2, 0.25) is 10.0 Å². The molecule has 0 atom stereocenters. The summed E-state index contributed by atoms with van der Waals surface area (Å²) in [4.78, 5) is 12.5. The molecule has 0 saturated carbocycles. The van der Waals surface area contributed by atoms with E-state index in [1.54, 1.807) is 25.1 Å². The first kappa shape index (κ1) is 19.7. The number of amides is 1. The number of nitrogens with one attached hydrogen (secondary N) is 2. The van der Waals surface area contributed by atoms with Crippen molar-refractivity contribution in [1.29, 1.82) is 0 Å². The zero-order valence-electron chi connectivity index (χ0n) is 15.7. The van der Waals surface area contributed by atoms with Crippen LogP contribution in [0.25, 0.3) is 10.8 Å². The maximum absolute atomic E-state index is 12.5. The van der Waals surface area contributed by atoms with Gasteiger partial charge in [0, 0.05) is 10.9 Å². The Labute approximate surface area is 164 Å². The Balaban J connectivity index is 1.61. The van der Waals surface area contributed by atoms with Gasteiger partial charge in [-0.3, -0.25) is 9.52 Å². The number of hydrogen-bond donors (Lipinski definition) is 2. The average molecular weight is 398 g/mol. The van der Waals surface area contributed by atoms with E-state index in [-0.39, 0.29) is 5.91 Å². The summed E-state index contributed by atoms with van der Waals surface area (Å²) in [6, 6.07) is 18.7. The van der Waals surface area contributed by atoms with E-state index in [1.807, 2.05) is 42.5 Å². The molecule has 146 valence electrons. The summed E-state index contributed by atoms with van der Waals surface area (Å²) in [6.45, 7) is 2.35. The molecule has 2 N–H and O–H groups in total. The topological polar surface area (TPSA) is 84.5 Å². The molecule has 0 fully saturated rings. The smallest absolute Gasteiger partial charge is 0.251 e. The average Bonchev–Trinajstić information content (AvgIpc) is 2.66. The lowest BCUT2D eigenvalue weighted by atomic mass is 10.1. The molecule has 28 heavy (non-hydrogen) atoms. The highest BCUT2D eigenvalue weighted by molar-refractivity contribution is 7.92. The van der Waals surface area contributed by atoms with Crippen molar-refractivity contribution in [3.63, 3.8) is 0 Å². The van der Waals surface area contributed by atoms with E-state index < -0.39 is 10.0 Å². The second-order valence-electron chi connectivity index (χ2n) is 6.43. The highest BCUT2D eigenvalue weighted by Crippen LogP contribution is 2.25. The van der Waals surface area contributed by atoms with Crippen LogP contribution in [0, 0.1) is 6.92 Å². The minimum absolute atomic E-state index is 0.281. The highest BCUT2D eigenvalue weighted by Gasteiger charge is 2.13. The van der Waals surface area contributed by atoms with Gasteiger partial charge in [-0.1, -0.05) is 42.5 Å². The van der Waals surface area contributed by atoms with Crippen LogP contribution >= 0.6 is 0 Å². The fourth-order valence-electron chi connectivity index (χ4n) is 2.93. The molecule has 1 amide bonds. The van der Waals surface area contributed by atoms with Crippen LogP contribution in [0.3, 0.4) is 0 Å². The Hall–Kier alpha value is -3.06. The number of carbonyl (C=O) groups excluding carboxylic acids is 1. The quantitative estimate of drug-likeness (QED) is 0.598. The molecule has 0 unspecified atom stereocenters. The fourth-order valence-corrected chi connectivity index (χ4v) is 3.55. The second-order valence-corrected chi connectivity index (χ2v) is 8.18. The molecule has 3 aromatic rings. The molecule has 0 heterocycles. The van der Waals surface area contributed by atoms with Gasteiger partial charge < -0.3 is 10.1 Å². The molecule has 0 spiro atoms. The Morgan fingerprint density at radius 2 is 1.71 bits per heavy atom. The van der Waals surface area contributed by atoms with E-state index in [0.29, 0.717) is 30.0 Å². The van der Waals surface area contributed by atoms with Crippen LogP contribution in [0.5, 0.6) is 5.75 Å². The van der Waals surface area contributed by atoms with Crippen molar-refractivity contribution >= 4 is 32.4 Å². The van der Waals surface area contributed by atoms with Gasteiger partial charge in [-0.15, -0.1) is 0 Å². The van der Waals surface area contributed by atoms with Crippen molar-refractivity contribution in [3.05, 3.63) is 71.8 Å². The molecule has 0 aliphatic heterocycles. The molecule has 0 aromatic heterocycles. The predicted molar refractivity (Wildman–Crippen MR) is 111 cm³/mol. The minimum atomic E-state index is -3.41. The first-order valence-electron chi connectivity index (χ1n) is 8.81. The third-order valence-corrected chi connectivity index (χ3v) is 4.86. The summed E-state index contributed by atoms with van der Waals surface area (Å²) >= 11 is 0. The van der Waals surface area contributed by atoms with Gasteiger partial charge in [0.15, 0.2) is 0 Å². The molecule has 0 bridgehead atoms. The Morgan fingerprint density at radius 1 is 1.00 bits per heavy atom. The molecule has 0 radical (unpaired) electrons. The SMILES string of the molecule is Cc1c(NS(C)(=O)=O)cccc1C(=O)NCCOc1cccc2ccccc12. The molecule has 3 rings (SSSR count). The van der Waals surface area contributed by atoms with Crippen LogP contribution in [-0.2, 0) is 10.0 Å². The molecule has 0 aliphatic carbocycles. The van der Waals surface area contributed by atoms with Crippen LogP contribution in [0.1, 0.15) is 15.9 Å². The lowest BCUT2D eigenvalue weighted by Crippen LogP contribution is -2.29. The number of benzene rings is 3. The van der Waals surface area contributed by atoms with E-state index in [4.69, 9.17) is 4.74 Å². The van der Waals surface area contributed by atoms with Crippen molar-refractivity contribution in [2.45, 2.75) is 6.92 Å². The normalized spacial score (nSPS) is 11.2. The molecule has 7 heteroatoms. The van der Waals surface area contributed by atoms with Crippen molar-refractivity contribution < 1.29 is 17.9 Å². The van der Waals surface area contributed by atoms with Gasteiger partial charge in [0.05, 0.1) is 18.5 Å². The van der Waals surface area contributed by atoms with Gasteiger partial charge in [-0.2, -0.15) is 0 Å². The Morgan fingerprint density at radius 3 is 2.50 bits per heavy atom. The maximum Gasteiger partial charge on any atom is 0.251 e. The van der Waals surface area contributed by atoms with Gasteiger partial charge in [-0.25, -0.2) is 8.42 Å². The van der Waals surface area contributed by atoms with Crippen molar-refractivity contribution in [2.75, 3.05) is 24.1 Å². The largest absolute Gasteiger partial charge is 0.491 e. The van der Waals surface area contributed by atoms with Crippen LogP contribution in [0.2, 0.25) is 0 Å². The van der Waals surface area contributed by atoms with Crippen LogP contribution in [0.15, 0.2) is 60.7 Å². The summed E-state index contributed by atoms with van der Waals surface area (Å²) in [6.07, 6.45) is 1.07. The van der Waals surface area contributed by atoms with Gasteiger partial charge in [-0.05, 0) is 36.1 Å². The van der Waals surface area contributed by atoms with E-state index in [1.165, 1.54) is 0 Å². The summed E-state index contributed by atoms with van der Waals surface area (Å²) < 4.78 is 31.1. The molecule has 0 aliphatic rings. The second kappa shape index (κ2) is 8.31. The van der Waals surface area contributed by atoms with Crippen molar-refractivity contribution in [1.82, 2.24) is 5.32 Å². The fraction of sp³-hybridized carbons (Fsp3) is 0.190. The third-order valence-electron chi connectivity index (χ3n) is 4.27. The summed E-state index contributed by atoms with van der Waals surface area (Å²) in [5.41, 5.74) is 1.38. The lowest BCUT2D eigenvalue weighted by molar-refractivity contribution is 0.0946. The first-order valence-corrected chi connectivity index (χ1v) is 10.7. The number of anilines is 1. The predicted octanol–water partition coefficient (Wildman–Crippen LogP) is 3.33. The van der Waals surface area contributed by atoms with Gasteiger partial charge in [0.1, 0.15) is 12.4 Å². The van der Waals surface area contributed by atoms with Crippen molar-refractivity contribution in [2.24, 2.45) is 0 Å².